The first-order chi connectivity index (χ1) is 11.8. The lowest BCUT2D eigenvalue weighted by Crippen LogP contribution is -2.06. The summed E-state index contributed by atoms with van der Waals surface area (Å²) in [5.41, 5.74) is 0.0500. The first kappa shape index (κ1) is 19.6. The number of ether oxygens (including phenoxy) is 1. The topological polar surface area (TPSA) is 67.2 Å². The summed E-state index contributed by atoms with van der Waals surface area (Å²) in [7, 11) is -4.17. The molecule has 0 aliphatic carbocycles. The maximum Gasteiger partial charge on any atom is 0.387 e. The van der Waals surface area contributed by atoms with Crippen LogP contribution in [0.1, 0.15) is 5.56 Å². The maximum atomic E-state index is 12.7. The number of benzene rings is 2. The Morgan fingerprint density at radius 1 is 1.20 bits per heavy atom. The Hall–Kier alpha value is -1.76. The van der Waals surface area contributed by atoms with Gasteiger partial charge >= 0.3 is 6.61 Å². The molecule has 0 saturated carbocycles. The number of sulfone groups is 1. The molecule has 0 fully saturated rings. The maximum absolute atomic E-state index is 12.7. The number of hydrogen-bond donors (Lipinski definition) is 0. The van der Waals surface area contributed by atoms with Crippen LogP contribution < -0.4 is 4.74 Å². The van der Waals surface area contributed by atoms with Crippen molar-refractivity contribution in [3.8, 4) is 11.8 Å². The van der Waals surface area contributed by atoms with Gasteiger partial charge in [-0.3, -0.25) is 0 Å². The number of hydrogen-bond acceptors (Lipinski definition) is 4. The molecule has 0 N–H and O–H groups in total. The van der Waals surface area contributed by atoms with E-state index in [0.717, 1.165) is 6.08 Å². The van der Waals surface area contributed by atoms with E-state index in [1.807, 2.05) is 0 Å². The van der Waals surface area contributed by atoms with Gasteiger partial charge in [-0.25, -0.2) is 8.42 Å². The second-order valence-corrected chi connectivity index (χ2v) is 8.27. The monoisotopic (exact) mass is 491 g/mol. The van der Waals surface area contributed by atoms with E-state index in [1.165, 1.54) is 36.4 Å². The highest BCUT2D eigenvalue weighted by Crippen LogP contribution is 2.32. The normalized spacial score (nSPS) is 12.1. The third kappa shape index (κ3) is 4.66. The summed E-state index contributed by atoms with van der Waals surface area (Å²) in [5.74, 6) is -0.228. The Bertz CT molecular complexity index is 970. The lowest BCUT2D eigenvalue weighted by Gasteiger charge is -2.09. The highest BCUT2D eigenvalue weighted by molar-refractivity contribution is 9.11. The second-order valence-electron chi connectivity index (χ2n) is 4.61. The van der Waals surface area contributed by atoms with E-state index in [-0.39, 0.29) is 20.7 Å². The number of allylic oxidation sites excluding steroid dienone is 1. The largest absolute Gasteiger partial charge is 0.434 e. The molecule has 25 heavy (non-hydrogen) atoms. The summed E-state index contributed by atoms with van der Waals surface area (Å²) in [4.78, 5) is -0.724. The van der Waals surface area contributed by atoms with Crippen LogP contribution in [0.25, 0.3) is 6.08 Å². The van der Waals surface area contributed by atoms with E-state index in [2.05, 4.69) is 36.6 Å². The van der Waals surface area contributed by atoms with Crippen molar-refractivity contribution in [1.29, 1.82) is 5.26 Å². The average Bonchev–Trinajstić information content (AvgIpc) is 2.55. The predicted octanol–water partition coefficient (Wildman–Crippen LogP) is 5.15. The van der Waals surface area contributed by atoms with Gasteiger partial charge in [0.2, 0.25) is 9.84 Å². The van der Waals surface area contributed by atoms with Gasteiger partial charge in [-0.15, -0.1) is 0 Å². The Kier molecular flexibility index (Phi) is 6.32. The van der Waals surface area contributed by atoms with Crippen LogP contribution in [-0.2, 0) is 9.84 Å². The highest BCUT2D eigenvalue weighted by Gasteiger charge is 2.24. The van der Waals surface area contributed by atoms with Crippen molar-refractivity contribution in [1.82, 2.24) is 0 Å². The molecule has 0 amide bonds. The van der Waals surface area contributed by atoms with Crippen LogP contribution in [0.3, 0.4) is 0 Å². The number of halogens is 4. The van der Waals surface area contributed by atoms with E-state index >= 15 is 0 Å². The van der Waals surface area contributed by atoms with Crippen LogP contribution in [0.4, 0.5) is 8.78 Å². The van der Waals surface area contributed by atoms with Gasteiger partial charge in [0, 0.05) is 14.5 Å². The van der Waals surface area contributed by atoms with Crippen molar-refractivity contribution in [3.63, 3.8) is 0 Å². The molecule has 0 saturated heterocycles. The van der Waals surface area contributed by atoms with Gasteiger partial charge in [0.05, 0.1) is 4.90 Å². The first-order valence-electron chi connectivity index (χ1n) is 6.61. The minimum absolute atomic E-state index is 0.0500. The van der Waals surface area contributed by atoms with Gasteiger partial charge in [-0.1, -0.05) is 34.1 Å². The SMILES string of the molecule is N#CC(=Cc1ccccc1OC(F)F)S(=O)(=O)c1cc(Br)ccc1Br. The molecular weight excluding hydrogens is 484 g/mol. The Morgan fingerprint density at radius 2 is 1.88 bits per heavy atom. The Morgan fingerprint density at radius 3 is 2.52 bits per heavy atom. The molecule has 0 radical (unpaired) electrons. The Balaban J connectivity index is 2.59. The fraction of sp³-hybridized carbons (Fsp3) is 0.0625. The molecule has 130 valence electrons. The molecular formula is C16H9Br2F2NO3S. The van der Waals surface area contributed by atoms with E-state index in [9.17, 15) is 22.5 Å². The minimum atomic E-state index is -4.17. The Labute approximate surface area is 159 Å². The molecule has 0 bridgehead atoms. The van der Waals surface area contributed by atoms with Crippen LogP contribution >= 0.6 is 31.9 Å². The summed E-state index contributed by atoms with van der Waals surface area (Å²) in [6.45, 7) is -3.07. The summed E-state index contributed by atoms with van der Waals surface area (Å²) < 4.78 is 55.6. The van der Waals surface area contributed by atoms with Gasteiger partial charge in [0.15, 0.2) is 0 Å². The highest BCUT2D eigenvalue weighted by atomic mass is 79.9. The molecule has 4 nitrogen and oxygen atoms in total. The molecule has 0 aliphatic rings. The fourth-order valence-corrected chi connectivity index (χ4v) is 4.56. The van der Waals surface area contributed by atoms with E-state index in [0.29, 0.717) is 4.47 Å². The van der Waals surface area contributed by atoms with Crippen molar-refractivity contribution in [2.75, 3.05) is 0 Å². The van der Waals surface area contributed by atoms with Gasteiger partial charge in [0.25, 0.3) is 0 Å². The van der Waals surface area contributed by atoms with E-state index < -0.39 is 21.4 Å². The molecule has 2 aromatic carbocycles. The van der Waals surface area contributed by atoms with Crippen molar-refractivity contribution < 1.29 is 21.9 Å². The molecule has 0 heterocycles. The van der Waals surface area contributed by atoms with Crippen LogP contribution in [-0.4, -0.2) is 15.0 Å². The van der Waals surface area contributed by atoms with Crippen molar-refractivity contribution in [2.24, 2.45) is 0 Å². The molecule has 9 heteroatoms. The van der Waals surface area contributed by atoms with E-state index in [4.69, 9.17) is 0 Å². The van der Waals surface area contributed by atoms with Gasteiger partial charge in [-0.2, -0.15) is 14.0 Å². The number of nitriles is 1. The lowest BCUT2D eigenvalue weighted by atomic mass is 10.2. The van der Waals surface area contributed by atoms with Crippen molar-refractivity contribution in [2.45, 2.75) is 11.5 Å². The second kappa shape index (κ2) is 8.08. The van der Waals surface area contributed by atoms with Crippen molar-refractivity contribution >= 4 is 47.8 Å². The molecule has 0 unspecified atom stereocenters. The summed E-state index contributed by atoms with van der Waals surface area (Å²) >= 11 is 6.31. The number of para-hydroxylation sites is 1. The molecule has 0 aromatic heterocycles. The van der Waals surface area contributed by atoms with E-state index in [1.54, 1.807) is 12.1 Å². The number of alkyl halides is 2. The summed E-state index contributed by atoms with van der Waals surface area (Å²) in [6, 6.07) is 11.7. The molecule has 2 rings (SSSR count). The zero-order valence-electron chi connectivity index (χ0n) is 12.3. The van der Waals surface area contributed by atoms with Crippen molar-refractivity contribution in [3.05, 3.63) is 61.9 Å². The third-order valence-electron chi connectivity index (χ3n) is 3.00. The van der Waals surface area contributed by atoms with Crippen LogP contribution in [0.5, 0.6) is 5.75 Å². The van der Waals surface area contributed by atoms with Gasteiger partial charge < -0.3 is 4.74 Å². The number of nitrogens with zero attached hydrogens (tertiary/aromatic N) is 1. The molecule has 2 aromatic rings. The average molecular weight is 493 g/mol. The van der Waals surface area contributed by atoms with Gasteiger partial charge in [0.1, 0.15) is 16.7 Å². The lowest BCUT2D eigenvalue weighted by molar-refractivity contribution is -0.0499. The first-order valence-corrected chi connectivity index (χ1v) is 9.68. The molecule has 0 atom stereocenters. The molecule has 0 aliphatic heterocycles. The zero-order chi connectivity index (χ0) is 18.6. The zero-order valence-corrected chi connectivity index (χ0v) is 16.3. The third-order valence-corrected chi connectivity index (χ3v) is 6.16. The standard InChI is InChI=1S/C16H9Br2F2NO3S/c17-11-5-6-13(18)15(8-11)25(22,23)12(9-21)7-10-3-1-2-4-14(10)24-16(19)20/h1-8,16H. The smallest absolute Gasteiger partial charge is 0.387 e. The summed E-state index contributed by atoms with van der Waals surface area (Å²) in [6.07, 6.45) is 1.00. The predicted molar refractivity (Wildman–Crippen MR) is 95.7 cm³/mol. The molecule has 0 spiro atoms. The quantitative estimate of drug-likeness (QED) is 0.541. The van der Waals surface area contributed by atoms with Crippen LogP contribution in [0.2, 0.25) is 0 Å². The minimum Gasteiger partial charge on any atom is -0.434 e. The number of rotatable bonds is 5. The summed E-state index contributed by atoms with van der Waals surface area (Å²) in [5, 5.41) is 9.30. The van der Waals surface area contributed by atoms with Gasteiger partial charge in [-0.05, 0) is 46.3 Å². The fourth-order valence-electron chi connectivity index (χ4n) is 1.92. The van der Waals surface area contributed by atoms with Crippen LogP contribution in [0, 0.1) is 11.3 Å². The van der Waals surface area contributed by atoms with Crippen LogP contribution in [0.15, 0.2) is 61.2 Å².